The molecule has 2 aromatic rings. The number of rotatable bonds is 3. The van der Waals surface area contributed by atoms with Crippen molar-refractivity contribution in [3.63, 3.8) is 0 Å². The Kier molecular flexibility index (Phi) is 5.00. The molecular weight excluding hydrogens is 363 g/mol. The van der Waals surface area contributed by atoms with Crippen molar-refractivity contribution in [1.29, 1.82) is 0 Å². The second-order valence-corrected chi connectivity index (χ2v) is 5.88. The van der Waals surface area contributed by atoms with E-state index in [2.05, 4.69) is 65.3 Å². The lowest BCUT2D eigenvalue weighted by Gasteiger charge is -2.11. The van der Waals surface area contributed by atoms with E-state index in [4.69, 9.17) is 0 Å². The van der Waals surface area contributed by atoms with E-state index in [1.807, 2.05) is 24.3 Å². The Labute approximate surface area is 132 Å². The van der Waals surface area contributed by atoms with Crippen LogP contribution in [0, 0.1) is 17.4 Å². The van der Waals surface area contributed by atoms with Crippen molar-refractivity contribution in [3.05, 3.63) is 62.7 Å². The first kappa shape index (κ1) is 14.8. The summed E-state index contributed by atoms with van der Waals surface area (Å²) in [6.45, 7) is 4.65. The number of hydrogen-bond donors (Lipinski definition) is 2. The molecule has 3 nitrogen and oxygen atoms in total. The predicted molar refractivity (Wildman–Crippen MR) is 90.9 cm³/mol. The van der Waals surface area contributed by atoms with Crippen LogP contribution in [0.25, 0.3) is 0 Å². The molecule has 20 heavy (non-hydrogen) atoms. The molecule has 0 aliphatic rings. The van der Waals surface area contributed by atoms with E-state index in [0.29, 0.717) is 6.54 Å². The minimum Gasteiger partial charge on any atom is -0.334 e. The molecule has 0 spiro atoms. The van der Waals surface area contributed by atoms with Gasteiger partial charge in [0.2, 0.25) is 0 Å². The van der Waals surface area contributed by atoms with E-state index in [0.717, 1.165) is 14.8 Å². The zero-order valence-corrected chi connectivity index (χ0v) is 13.7. The monoisotopic (exact) mass is 380 g/mol. The highest BCUT2D eigenvalue weighted by Gasteiger charge is 2.05. The van der Waals surface area contributed by atoms with Crippen LogP contribution in [0.3, 0.4) is 0 Å². The summed E-state index contributed by atoms with van der Waals surface area (Å²) < 4.78 is 1.02. The normalized spacial score (nSPS) is 10.2. The van der Waals surface area contributed by atoms with Crippen molar-refractivity contribution in [2.45, 2.75) is 20.4 Å². The standard InChI is InChI=1S/C16H17IN2O/c1-11-7-8-13(12(2)9-11)10-18-16(20)19-15-6-4-3-5-14(15)17/h3-9H,10H2,1-2H3,(H2,18,19,20). The number of carbonyl (C=O) groups excluding carboxylic acids is 1. The van der Waals surface area contributed by atoms with Crippen LogP contribution in [0.15, 0.2) is 42.5 Å². The summed E-state index contributed by atoms with van der Waals surface area (Å²) in [4.78, 5) is 11.9. The molecule has 0 aromatic heterocycles. The van der Waals surface area contributed by atoms with Crippen molar-refractivity contribution in [3.8, 4) is 0 Å². The van der Waals surface area contributed by atoms with Gasteiger partial charge in [-0.3, -0.25) is 0 Å². The van der Waals surface area contributed by atoms with Gasteiger partial charge in [-0.25, -0.2) is 4.79 Å². The molecule has 104 valence electrons. The van der Waals surface area contributed by atoms with E-state index >= 15 is 0 Å². The van der Waals surface area contributed by atoms with E-state index in [1.165, 1.54) is 11.1 Å². The SMILES string of the molecule is Cc1ccc(CNC(=O)Nc2ccccc2I)c(C)c1. The molecule has 0 saturated heterocycles. The van der Waals surface area contributed by atoms with Crippen LogP contribution in [-0.2, 0) is 6.54 Å². The Morgan fingerprint density at radius 3 is 2.60 bits per heavy atom. The van der Waals surface area contributed by atoms with Crippen LogP contribution in [0.5, 0.6) is 0 Å². The number of benzene rings is 2. The average molecular weight is 380 g/mol. The van der Waals surface area contributed by atoms with Gasteiger partial charge in [0, 0.05) is 10.1 Å². The minimum absolute atomic E-state index is 0.186. The first-order chi connectivity index (χ1) is 9.56. The van der Waals surface area contributed by atoms with Gasteiger partial charge in [0.25, 0.3) is 0 Å². The maximum absolute atomic E-state index is 11.9. The number of halogens is 1. The average Bonchev–Trinajstić information content (AvgIpc) is 2.40. The Balaban J connectivity index is 1.94. The molecule has 0 saturated carbocycles. The van der Waals surface area contributed by atoms with Crippen LogP contribution in [0.2, 0.25) is 0 Å². The van der Waals surface area contributed by atoms with E-state index in [9.17, 15) is 4.79 Å². The highest BCUT2D eigenvalue weighted by atomic mass is 127. The van der Waals surface area contributed by atoms with Crippen molar-refractivity contribution in [1.82, 2.24) is 5.32 Å². The van der Waals surface area contributed by atoms with Crippen LogP contribution in [0.4, 0.5) is 10.5 Å². The van der Waals surface area contributed by atoms with Crippen LogP contribution in [0.1, 0.15) is 16.7 Å². The number of anilines is 1. The summed E-state index contributed by atoms with van der Waals surface area (Å²) in [6.07, 6.45) is 0. The molecule has 0 aliphatic carbocycles. The van der Waals surface area contributed by atoms with Crippen molar-refractivity contribution in [2.75, 3.05) is 5.32 Å². The topological polar surface area (TPSA) is 41.1 Å². The molecule has 2 aromatic carbocycles. The summed E-state index contributed by atoms with van der Waals surface area (Å²) in [5.41, 5.74) is 4.38. The maximum Gasteiger partial charge on any atom is 0.319 e. The van der Waals surface area contributed by atoms with Crippen LogP contribution in [-0.4, -0.2) is 6.03 Å². The highest BCUT2D eigenvalue weighted by Crippen LogP contribution is 2.16. The fraction of sp³-hybridized carbons (Fsp3) is 0.188. The number of urea groups is 1. The molecule has 0 bridgehead atoms. The van der Waals surface area contributed by atoms with Crippen LogP contribution < -0.4 is 10.6 Å². The highest BCUT2D eigenvalue weighted by molar-refractivity contribution is 14.1. The fourth-order valence-corrected chi connectivity index (χ4v) is 2.47. The van der Waals surface area contributed by atoms with Gasteiger partial charge in [-0.05, 0) is 59.7 Å². The fourth-order valence-electron chi connectivity index (χ4n) is 1.95. The molecular formula is C16H17IN2O. The zero-order valence-electron chi connectivity index (χ0n) is 11.5. The molecule has 0 aliphatic heterocycles. The van der Waals surface area contributed by atoms with Crippen LogP contribution >= 0.6 is 22.6 Å². The molecule has 2 rings (SSSR count). The third-order valence-electron chi connectivity index (χ3n) is 3.06. The Bertz CT molecular complexity index is 626. The number of hydrogen-bond acceptors (Lipinski definition) is 1. The lowest BCUT2D eigenvalue weighted by Crippen LogP contribution is -2.28. The van der Waals surface area contributed by atoms with E-state index in [-0.39, 0.29) is 6.03 Å². The largest absolute Gasteiger partial charge is 0.334 e. The Morgan fingerprint density at radius 1 is 1.15 bits per heavy atom. The molecule has 4 heteroatoms. The zero-order chi connectivity index (χ0) is 14.5. The molecule has 0 atom stereocenters. The Morgan fingerprint density at radius 2 is 1.90 bits per heavy atom. The molecule has 0 unspecified atom stereocenters. The van der Waals surface area contributed by atoms with Gasteiger partial charge in [-0.2, -0.15) is 0 Å². The quantitative estimate of drug-likeness (QED) is 0.769. The third-order valence-corrected chi connectivity index (χ3v) is 4.00. The van der Waals surface area contributed by atoms with Gasteiger partial charge >= 0.3 is 6.03 Å². The van der Waals surface area contributed by atoms with Gasteiger partial charge in [-0.15, -0.1) is 0 Å². The van der Waals surface area contributed by atoms with Gasteiger partial charge < -0.3 is 10.6 Å². The second-order valence-electron chi connectivity index (χ2n) is 4.72. The van der Waals surface area contributed by atoms with Crippen molar-refractivity contribution < 1.29 is 4.79 Å². The molecule has 0 radical (unpaired) electrons. The second kappa shape index (κ2) is 6.74. The molecule has 0 fully saturated rings. The lowest BCUT2D eigenvalue weighted by molar-refractivity contribution is 0.251. The lowest BCUT2D eigenvalue weighted by atomic mass is 10.1. The number of aryl methyl sites for hydroxylation is 2. The summed E-state index contributed by atoms with van der Waals surface area (Å²) in [5.74, 6) is 0. The van der Waals surface area contributed by atoms with Gasteiger partial charge in [0.15, 0.2) is 0 Å². The van der Waals surface area contributed by atoms with E-state index in [1.54, 1.807) is 0 Å². The molecule has 2 N–H and O–H groups in total. The van der Waals surface area contributed by atoms with Crippen molar-refractivity contribution >= 4 is 34.3 Å². The number of carbonyl (C=O) groups is 1. The Hall–Kier alpha value is -1.56. The summed E-state index contributed by atoms with van der Waals surface area (Å²) >= 11 is 2.20. The van der Waals surface area contributed by atoms with Crippen molar-refractivity contribution in [2.24, 2.45) is 0 Å². The molecule has 2 amide bonds. The first-order valence-corrected chi connectivity index (χ1v) is 7.49. The molecule has 0 heterocycles. The minimum atomic E-state index is -0.186. The van der Waals surface area contributed by atoms with Gasteiger partial charge in [-0.1, -0.05) is 35.9 Å². The smallest absolute Gasteiger partial charge is 0.319 e. The number of amides is 2. The number of nitrogens with one attached hydrogen (secondary N) is 2. The first-order valence-electron chi connectivity index (χ1n) is 6.42. The summed E-state index contributed by atoms with van der Waals surface area (Å²) in [7, 11) is 0. The third kappa shape index (κ3) is 3.96. The van der Waals surface area contributed by atoms with E-state index < -0.39 is 0 Å². The van der Waals surface area contributed by atoms with Gasteiger partial charge in [0.05, 0.1) is 5.69 Å². The predicted octanol–water partition coefficient (Wildman–Crippen LogP) is 4.23. The summed E-state index contributed by atoms with van der Waals surface area (Å²) in [5, 5.41) is 5.74. The van der Waals surface area contributed by atoms with Gasteiger partial charge in [0.1, 0.15) is 0 Å². The summed E-state index contributed by atoms with van der Waals surface area (Å²) in [6, 6.07) is 13.7. The maximum atomic E-state index is 11.9. The number of para-hydroxylation sites is 1.